The van der Waals surface area contributed by atoms with Gasteiger partial charge in [0.2, 0.25) is 11.8 Å². The predicted molar refractivity (Wildman–Crippen MR) is 85.9 cm³/mol. The molecule has 0 radical (unpaired) electrons. The fourth-order valence-corrected chi connectivity index (χ4v) is 3.78. The van der Waals surface area contributed by atoms with Gasteiger partial charge in [-0.2, -0.15) is 0 Å². The van der Waals surface area contributed by atoms with E-state index in [0.717, 1.165) is 15.3 Å². The SMILES string of the molecule is Cc1cc(C(=O)CCC(=O)N2CCC(C(N)=O)CC2)c(C)s1. The molecule has 2 amide bonds. The molecule has 5 nitrogen and oxygen atoms in total. The van der Waals surface area contributed by atoms with Crippen molar-refractivity contribution in [1.82, 2.24) is 4.90 Å². The number of hydrogen-bond acceptors (Lipinski definition) is 4. The first-order valence-corrected chi connectivity index (χ1v) is 8.37. The van der Waals surface area contributed by atoms with Crippen molar-refractivity contribution in [2.24, 2.45) is 11.7 Å². The van der Waals surface area contributed by atoms with Gasteiger partial charge in [0, 0.05) is 47.2 Å². The van der Waals surface area contributed by atoms with Crippen LogP contribution < -0.4 is 5.73 Å². The Balaban J connectivity index is 1.82. The molecule has 1 aliphatic heterocycles. The van der Waals surface area contributed by atoms with E-state index in [2.05, 4.69) is 0 Å². The first-order chi connectivity index (χ1) is 10.4. The highest BCUT2D eigenvalue weighted by molar-refractivity contribution is 7.12. The molecule has 1 saturated heterocycles. The lowest BCUT2D eigenvalue weighted by molar-refractivity contribution is -0.134. The average Bonchev–Trinajstić information content (AvgIpc) is 2.83. The molecule has 0 aromatic carbocycles. The number of thiophene rings is 1. The average molecular weight is 322 g/mol. The Morgan fingerprint density at radius 1 is 1.23 bits per heavy atom. The van der Waals surface area contributed by atoms with E-state index in [1.165, 1.54) is 0 Å². The van der Waals surface area contributed by atoms with Crippen molar-refractivity contribution in [1.29, 1.82) is 0 Å². The summed E-state index contributed by atoms with van der Waals surface area (Å²) in [4.78, 5) is 39.3. The number of piperidine rings is 1. The maximum atomic E-state index is 12.2. The Morgan fingerprint density at radius 2 is 1.86 bits per heavy atom. The number of nitrogens with zero attached hydrogens (tertiary/aromatic N) is 1. The first-order valence-electron chi connectivity index (χ1n) is 7.55. The molecule has 0 bridgehead atoms. The number of likely N-dealkylation sites (tertiary alicyclic amines) is 1. The van der Waals surface area contributed by atoms with Crippen molar-refractivity contribution in [3.63, 3.8) is 0 Å². The van der Waals surface area contributed by atoms with Gasteiger partial charge in [-0.1, -0.05) is 0 Å². The van der Waals surface area contributed by atoms with E-state index < -0.39 is 0 Å². The molecular formula is C16H22N2O3S. The molecule has 1 aromatic rings. The van der Waals surface area contributed by atoms with Crippen molar-refractivity contribution in [3.8, 4) is 0 Å². The second-order valence-electron chi connectivity index (χ2n) is 5.81. The van der Waals surface area contributed by atoms with Gasteiger partial charge in [-0.05, 0) is 32.8 Å². The zero-order chi connectivity index (χ0) is 16.3. The van der Waals surface area contributed by atoms with E-state index in [1.807, 2.05) is 19.9 Å². The number of hydrogen-bond donors (Lipinski definition) is 1. The predicted octanol–water partition coefficient (Wildman–Crippen LogP) is 2.05. The monoisotopic (exact) mass is 322 g/mol. The van der Waals surface area contributed by atoms with Crippen LogP contribution in [0.25, 0.3) is 0 Å². The summed E-state index contributed by atoms with van der Waals surface area (Å²) in [7, 11) is 0. The quantitative estimate of drug-likeness (QED) is 0.843. The number of amides is 2. The first kappa shape index (κ1) is 16.7. The molecular weight excluding hydrogens is 300 g/mol. The number of primary amides is 1. The van der Waals surface area contributed by atoms with Crippen LogP contribution in [0.2, 0.25) is 0 Å². The lowest BCUT2D eigenvalue weighted by atomic mass is 9.96. The summed E-state index contributed by atoms with van der Waals surface area (Å²) in [5.74, 6) is -0.393. The third kappa shape index (κ3) is 3.94. The number of carbonyl (C=O) groups is 3. The molecule has 2 rings (SSSR count). The van der Waals surface area contributed by atoms with Crippen molar-refractivity contribution in [2.45, 2.75) is 39.5 Å². The van der Waals surface area contributed by atoms with Crippen molar-refractivity contribution >= 4 is 28.9 Å². The number of nitrogens with two attached hydrogens (primary N) is 1. The van der Waals surface area contributed by atoms with Crippen LogP contribution in [0.1, 0.15) is 45.8 Å². The van der Waals surface area contributed by atoms with Crippen LogP contribution >= 0.6 is 11.3 Å². The van der Waals surface area contributed by atoms with Gasteiger partial charge in [0.25, 0.3) is 0 Å². The lowest BCUT2D eigenvalue weighted by Crippen LogP contribution is -2.41. The van der Waals surface area contributed by atoms with Crippen LogP contribution in [0.5, 0.6) is 0 Å². The smallest absolute Gasteiger partial charge is 0.223 e. The fraction of sp³-hybridized carbons (Fsp3) is 0.562. The summed E-state index contributed by atoms with van der Waals surface area (Å²) < 4.78 is 0. The van der Waals surface area contributed by atoms with Crippen LogP contribution in [-0.4, -0.2) is 35.6 Å². The summed E-state index contributed by atoms with van der Waals surface area (Å²) in [6, 6.07) is 1.89. The number of rotatable bonds is 5. The fourth-order valence-electron chi connectivity index (χ4n) is 2.83. The highest BCUT2D eigenvalue weighted by Gasteiger charge is 2.26. The van der Waals surface area contributed by atoms with E-state index in [4.69, 9.17) is 5.73 Å². The summed E-state index contributed by atoms with van der Waals surface area (Å²) in [5.41, 5.74) is 6.02. The number of Topliss-reactive ketones (excluding diaryl/α,β-unsaturated/α-hetero) is 1. The molecule has 6 heteroatoms. The second kappa shape index (κ2) is 7.05. The van der Waals surface area contributed by atoms with E-state index in [1.54, 1.807) is 16.2 Å². The Labute approximate surface area is 134 Å². The van der Waals surface area contributed by atoms with Gasteiger partial charge in [0.1, 0.15) is 0 Å². The van der Waals surface area contributed by atoms with Crippen LogP contribution in [0.15, 0.2) is 6.07 Å². The summed E-state index contributed by atoms with van der Waals surface area (Å²) in [5, 5.41) is 0. The van der Waals surface area contributed by atoms with Gasteiger partial charge in [-0.15, -0.1) is 11.3 Å². The maximum Gasteiger partial charge on any atom is 0.223 e. The normalized spacial score (nSPS) is 15.8. The van der Waals surface area contributed by atoms with Crippen molar-refractivity contribution < 1.29 is 14.4 Å². The molecule has 0 saturated carbocycles. The Hall–Kier alpha value is -1.69. The molecule has 0 atom stereocenters. The van der Waals surface area contributed by atoms with Gasteiger partial charge < -0.3 is 10.6 Å². The molecule has 1 aromatic heterocycles. The molecule has 2 N–H and O–H groups in total. The van der Waals surface area contributed by atoms with Crippen molar-refractivity contribution in [3.05, 3.63) is 21.4 Å². The van der Waals surface area contributed by atoms with Crippen LogP contribution in [-0.2, 0) is 9.59 Å². The van der Waals surface area contributed by atoms with Crippen LogP contribution in [0, 0.1) is 19.8 Å². The van der Waals surface area contributed by atoms with Crippen LogP contribution in [0.3, 0.4) is 0 Å². The standard InChI is InChI=1S/C16H22N2O3S/c1-10-9-13(11(2)22-10)14(19)3-4-15(20)18-7-5-12(6-8-18)16(17)21/h9,12H,3-8H2,1-2H3,(H2,17,21). The van der Waals surface area contributed by atoms with Gasteiger partial charge in [-0.3, -0.25) is 14.4 Å². The van der Waals surface area contributed by atoms with Gasteiger partial charge >= 0.3 is 0 Å². The Morgan fingerprint density at radius 3 is 2.36 bits per heavy atom. The lowest BCUT2D eigenvalue weighted by Gasteiger charge is -2.30. The largest absolute Gasteiger partial charge is 0.369 e. The molecule has 0 unspecified atom stereocenters. The minimum atomic E-state index is -0.287. The minimum absolute atomic E-state index is 0.0131. The van der Waals surface area contributed by atoms with Gasteiger partial charge in [0.05, 0.1) is 0 Å². The number of carbonyl (C=O) groups excluding carboxylic acids is 3. The third-order valence-corrected chi connectivity index (χ3v) is 5.12. The maximum absolute atomic E-state index is 12.2. The van der Waals surface area contributed by atoms with Crippen molar-refractivity contribution in [2.75, 3.05) is 13.1 Å². The Kier molecular flexibility index (Phi) is 5.34. The van der Waals surface area contributed by atoms with Gasteiger partial charge in [-0.25, -0.2) is 0 Å². The zero-order valence-corrected chi connectivity index (χ0v) is 13.9. The van der Waals surface area contributed by atoms with Gasteiger partial charge in [0.15, 0.2) is 5.78 Å². The van der Waals surface area contributed by atoms with Crippen LogP contribution in [0.4, 0.5) is 0 Å². The molecule has 0 aliphatic carbocycles. The van der Waals surface area contributed by atoms with E-state index in [0.29, 0.717) is 25.9 Å². The molecule has 120 valence electrons. The van der Waals surface area contributed by atoms with E-state index >= 15 is 0 Å². The molecule has 1 fully saturated rings. The summed E-state index contributed by atoms with van der Waals surface area (Å²) in [6.07, 6.45) is 1.72. The molecule has 2 heterocycles. The van der Waals surface area contributed by atoms with E-state index in [9.17, 15) is 14.4 Å². The molecule has 1 aliphatic rings. The third-order valence-electron chi connectivity index (χ3n) is 4.16. The highest BCUT2D eigenvalue weighted by Crippen LogP contribution is 2.23. The minimum Gasteiger partial charge on any atom is -0.369 e. The second-order valence-corrected chi connectivity index (χ2v) is 7.27. The topological polar surface area (TPSA) is 80.5 Å². The summed E-state index contributed by atoms with van der Waals surface area (Å²) in [6.45, 7) is 5.01. The molecule has 0 spiro atoms. The summed E-state index contributed by atoms with van der Waals surface area (Å²) >= 11 is 1.60. The number of ketones is 1. The zero-order valence-electron chi connectivity index (χ0n) is 13.1. The van der Waals surface area contributed by atoms with E-state index in [-0.39, 0.29) is 36.4 Å². The number of aryl methyl sites for hydroxylation is 2. The Bertz CT molecular complexity index is 586. The molecule has 22 heavy (non-hydrogen) atoms. The highest BCUT2D eigenvalue weighted by atomic mass is 32.1.